The largest absolute Gasteiger partial charge is 0.264 e. The lowest BCUT2D eigenvalue weighted by molar-refractivity contribution is 1.00. The molecule has 0 aliphatic rings. The maximum absolute atomic E-state index is 4.35. The molecule has 9 rings (SSSR count). The second-order valence-corrected chi connectivity index (χ2v) is 12.3. The van der Waals surface area contributed by atoms with Gasteiger partial charge in [-0.25, -0.2) is 0 Å². The van der Waals surface area contributed by atoms with Gasteiger partial charge in [0.15, 0.2) is 0 Å². The average molecular weight is 598 g/mol. The van der Waals surface area contributed by atoms with Gasteiger partial charge in [0.25, 0.3) is 0 Å². The molecule has 1 unspecified atom stereocenters. The first-order valence-electron chi connectivity index (χ1n) is 16.2. The van der Waals surface area contributed by atoms with Crippen LogP contribution in [0.25, 0.3) is 65.3 Å². The molecule has 0 fully saturated rings. The third-order valence-corrected chi connectivity index (χ3v) is 9.66. The lowest BCUT2D eigenvalue weighted by Crippen LogP contribution is -2.05. The fraction of sp³-hybridized carbons (Fsp3) is 0.0217. The SMILES string of the molecule is c1cncc(-c2ccc(C(c3ccc(-c4cc5ccccc5c5ccccc45)cc3)c3c4ccccc4cc4ccccc34)cc2)c1. The Bertz CT molecular complexity index is 2490. The Balaban J connectivity index is 1.25. The van der Waals surface area contributed by atoms with E-state index in [9.17, 15) is 0 Å². The van der Waals surface area contributed by atoms with Crippen LogP contribution in [-0.4, -0.2) is 4.98 Å². The first-order valence-corrected chi connectivity index (χ1v) is 16.2. The molecule has 0 aliphatic carbocycles. The fourth-order valence-electron chi connectivity index (χ4n) is 7.44. The van der Waals surface area contributed by atoms with Crippen LogP contribution in [0, 0.1) is 0 Å². The Morgan fingerprint density at radius 3 is 1.47 bits per heavy atom. The van der Waals surface area contributed by atoms with Crippen molar-refractivity contribution < 1.29 is 0 Å². The first-order chi connectivity index (χ1) is 23.3. The molecule has 0 spiro atoms. The molecule has 1 nitrogen and oxygen atoms in total. The summed E-state index contributed by atoms with van der Waals surface area (Å²) in [6.07, 6.45) is 3.75. The van der Waals surface area contributed by atoms with Crippen molar-refractivity contribution in [3.63, 3.8) is 0 Å². The van der Waals surface area contributed by atoms with Crippen molar-refractivity contribution in [2.24, 2.45) is 0 Å². The second-order valence-electron chi connectivity index (χ2n) is 12.3. The maximum atomic E-state index is 4.35. The fourth-order valence-corrected chi connectivity index (χ4v) is 7.44. The summed E-state index contributed by atoms with van der Waals surface area (Å²) < 4.78 is 0. The third-order valence-electron chi connectivity index (χ3n) is 9.66. The van der Waals surface area contributed by atoms with E-state index in [1.165, 1.54) is 76.5 Å². The van der Waals surface area contributed by atoms with E-state index in [0.29, 0.717) is 0 Å². The smallest absolute Gasteiger partial charge is 0.0352 e. The molecule has 0 saturated heterocycles. The number of nitrogens with zero attached hydrogens (tertiary/aromatic N) is 1. The minimum absolute atomic E-state index is 0.0383. The van der Waals surface area contributed by atoms with Gasteiger partial charge in [-0.15, -0.1) is 0 Å². The summed E-state index contributed by atoms with van der Waals surface area (Å²) in [5, 5.41) is 10.2. The quantitative estimate of drug-likeness (QED) is 0.109. The minimum atomic E-state index is 0.0383. The maximum Gasteiger partial charge on any atom is 0.0352 e. The van der Waals surface area contributed by atoms with Crippen LogP contribution in [0.4, 0.5) is 0 Å². The number of fused-ring (bicyclic) bond motifs is 5. The zero-order valence-electron chi connectivity index (χ0n) is 25.8. The molecule has 0 N–H and O–H groups in total. The highest BCUT2D eigenvalue weighted by molar-refractivity contribution is 6.13. The van der Waals surface area contributed by atoms with Crippen LogP contribution in [-0.2, 0) is 0 Å². The van der Waals surface area contributed by atoms with Crippen LogP contribution in [0.1, 0.15) is 22.6 Å². The zero-order chi connectivity index (χ0) is 31.2. The Labute approximate surface area is 274 Å². The van der Waals surface area contributed by atoms with Crippen LogP contribution in [0.3, 0.4) is 0 Å². The number of benzene rings is 8. The lowest BCUT2D eigenvalue weighted by atomic mass is 9.79. The predicted molar refractivity (Wildman–Crippen MR) is 199 cm³/mol. The van der Waals surface area contributed by atoms with Crippen LogP contribution >= 0.6 is 0 Å². The van der Waals surface area contributed by atoms with Crippen molar-refractivity contribution >= 4 is 43.1 Å². The molecular formula is C46H31N. The molecule has 1 heteroatoms. The highest BCUT2D eigenvalue weighted by Gasteiger charge is 2.22. The van der Waals surface area contributed by atoms with Crippen molar-refractivity contribution in [2.45, 2.75) is 5.92 Å². The summed E-state index contributed by atoms with van der Waals surface area (Å²) in [5.74, 6) is 0.0383. The van der Waals surface area contributed by atoms with Crippen LogP contribution < -0.4 is 0 Å². The van der Waals surface area contributed by atoms with Gasteiger partial charge in [-0.2, -0.15) is 0 Å². The molecular weight excluding hydrogens is 567 g/mol. The normalized spacial score (nSPS) is 12.2. The van der Waals surface area contributed by atoms with Gasteiger partial charge in [-0.3, -0.25) is 4.98 Å². The van der Waals surface area contributed by atoms with E-state index in [1.54, 1.807) is 0 Å². The molecule has 47 heavy (non-hydrogen) atoms. The number of hydrogen-bond acceptors (Lipinski definition) is 1. The highest BCUT2D eigenvalue weighted by Crippen LogP contribution is 2.42. The van der Waals surface area contributed by atoms with Crippen LogP contribution in [0.5, 0.6) is 0 Å². The summed E-state index contributed by atoms with van der Waals surface area (Å²) >= 11 is 0. The molecule has 9 aromatic rings. The van der Waals surface area contributed by atoms with E-state index in [2.05, 4.69) is 169 Å². The van der Waals surface area contributed by atoms with E-state index in [0.717, 1.165) is 5.56 Å². The summed E-state index contributed by atoms with van der Waals surface area (Å²) in [5.41, 5.74) is 8.66. The Morgan fingerprint density at radius 1 is 0.362 bits per heavy atom. The number of aromatic nitrogens is 1. The Kier molecular flexibility index (Phi) is 6.61. The van der Waals surface area contributed by atoms with Gasteiger partial charge >= 0.3 is 0 Å². The molecule has 220 valence electrons. The zero-order valence-corrected chi connectivity index (χ0v) is 25.8. The van der Waals surface area contributed by atoms with Gasteiger partial charge < -0.3 is 0 Å². The molecule has 1 aromatic heterocycles. The standard InChI is InChI=1S/C46H31N/c1-4-14-39-37(12-1)29-44(43-18-8-7-17-42(39)43)32-21-25-34(26-22-32)45(33-23-19-31(20-24-33)38-13-9-27-47-30-38)46-40-15-5-2-10-35(40)28-36-11-3-6-16-41(36)46/h1-30,45H. The van der Waals surface area contributed by atoms with Crippen molar-refractivity contribution in [1.82, 2.24) is 4.98 Å². The van der Waals surface area contributed by atoms with E-state index >= 15 is 0 Å². The average Bonchev–Trinajstić information content (AvgIpc) is 3.15. The van der Waals surface area contributed by atoms with E-state index in [1.807, 2.05) is 18.5 Å². The highest BCUT2D eigenvalue weighted by atomic mass is 14.6. The molecule has 1 atom stereocenters. The van der Waals surface area contributed by atoms with E-state index in [-0.39, 0.29) is 5.92 Å². The topological polar surface area (TPSA) is 12.9 Å². The molecule has 0 aliphatic heterocycles. The van der Waals surface area contributed by atoms with Crippen molar-refractivity contribution in [3.8, 4) is 22.3 Å². The van der Waals surface area contributed by atoms with Gasteiger partial charge in [-0.05, 0) is 100 Å². The van der Waals surface area contributed by atoms with Gasteiger partial charge in [0.05, 0.1) is 0 Å². The molecule has 0 saturated carbocycles. The molecule has 0 radical (unpaired) electrons. The summed E-state index contributed by atoms with van der Waals surface area (Å²) in [7, 11) is 0. The number of hydrogen-bond donors (Lipinski definition) is 0. The predicted octanol–water partition coefficient (Wildman–Crippen LogP) is 12.2. The lowest BCUT2D eigenvalue weighted by Gasteiger charge is -2.24. The monoisotopic (exact) mass is 597 g/mol. The number of pyridine rings is 1. The molecule has 1 heterocycles. The Hall–Kier alpha value is -6.05. The van der Waals surface area contributed by atoms with Gasteiger partial charge in [-0.1, -0.05) is 152 Å². The van der Waals surface area contributed by atoms with Crippen molar-refractivity contribution in [2.75, 3.05) is 0 Å². The molecule has 0 amide bonds. The van der Waals surface area contributed by atoms with Gasteiger partial charge in [0.2, 0.25) is 0 Å². The van der Waals surface area contributed by atoms with Gasteiger partial charge in [0.1, 0.15) is 0 Å². The molecule has 0 bridgehead atoms. The second kappa shape index (κ2) is 11.4. The van der Waals surface area contributed by atoms with E-state index in [4.69, 9.17) is 0 Å². The van der Waals surface area contributed by atoms with E-state index < -0.39 is 0 Å². The van der Waals surface area contributed by atoms with Crippen LogP contribution in [0.15, 0.2) is 182 Å². The summed E-state index contributed by atoms with van der Waals surface area (Å²) in [4.78, 5) is 4.35. The molecule has 8 aromatic carbocycles. The summed E-state index contributed by atoms with van der Waals surface area (Å²) in [6.45, 7) is 0. The van der Waals surface area contributed by atoms with Crippen LogP contribution in [0.2, 0.25) is 0 Å². The third kappa shape index (κ3) is 4.76. The van der Waals surface area contributed by atoms with Crippen molar-refractivity contribution in [1.29, 1.82) is 0 Å². The summed E-state index contributed by atoms with van der Waals surface area (Å²) in [6, 6.07) is 62.3. The van der Waals surface area contributed by atoms with Gasteiger partial charge in [0, 0.05) is 18.3 Å². The van der Waals surface area contributed by atoms with Crippen molar-refractivity contribution in [3.05, 3.63) is 199 Å². The first kappa shape index (κ1) is 27.3. The number of rotatable bonds is 5. The minimum Gasteiger partial charge on any atom is -0.264 e. The Morgan fingerprint density at radius 2 is 0.872 bits per heavy atom.